The van der Waals surface area contributed by atoms with Crippen molar-refractivity contribution in [2.24, 2.45) is 17.8 Å². The van der Waals surface area contributed by atoms with Gasteiger partial charge in [-0.15, -0.1) is 0 Å². The van der Waals surface area contributed by atoms with Gasteiger partial charge in [-0.2, -0.15) is 13.2 Å². The molecule has 2 aliphatic heterocycles. The molecule has 0 saturated carbocycles. The SMILES string of the molecule is CC(C)C(=O)N1CCC(C(=O)N(CCCN2CCC(Cc3ccc(F)cc3)CC2)c2ccc(Cl)c(Cl)c2)CC1.O=C(O)C(F)(F)F. The fourth-order valence-electron chi connectivity index (χ4n) is 5.77. The molecule has 2 heterocycles. The molecule has 1 N–H and O–H groups in total. The fourth-order valence-corrected chi connectivity index (χ4v) is 6.06. The molecule has 4 rings (SSSR count). The van der Waals surface area contributed by atoms with Crippen LogP contribution in [0.1, 0.15) is 51.5 Å². The fraction of sp³-hybridized carbons (Fsp3) is 0.545. The van der Waals surface area contributed by atoms with E-state index in [0.717, 1.165) is 51.0 Å². The van der Waals surface area contributed by atoms with Gasteiger partial charge in [0.25, 0.3) is 0 Å². The second-order valence-corrected chi connectivity index (χ2v) is 12.9. The van der Waals surface area contributed by atoms with Gasteiger partial charge in [0, 0.05) is 37.2 Å². The van der Waals surface area contributed by atoms with Crippen LogP contribution < -0.4 is 4.90 Å². The number of carboxylic acid groups (broad SMARTS) is 1. The number of carbonyl (C=O) groups excluding carboxylic acids is 2. The highest BCUT2D eigenvalue weighted by atomic mass is 35.5. The third-order valence-electron chi connectivity index (χ3n) is 8.37. The molecule has 0 bridgehead atoms. The molecule has 0 aromatic heterocycles. The predicted molar refractivity (Wildman–Crippen MR) is 171 cm³/mol. The number of halogens is 6. The van der Waals surface area contributed by atoms with Crippen LogP contribution in [0.15, 0.2) is 42.5 Å². The molecule has 0 radical (unpaired) electrons. The van der Waals surface area contributed by atoms with Gasteiger partial charge >= 0.3 is 12.1 Å². The summed E-state index contributed by atoms with van der Waals surface area (Å²) in [5, 5.41) is 8.03. The first kappa shape index (κ1) is 37.6. The second kappa shape index (κ2) is 17.3. The Bertz CT molecular complexity index is 1310. The zero-order valence-corrected chi connectivity index (χ0v) is 27.6. The third-order valence-corrected chi connectivity index (χ3v) is 9.11. The van der Waals surface area contributed by atoms with Crippen LogP contribution in [0.25, 0.3) is 0 Å². The zero-order chi connectivity index (χ0) is 34.0. The summed E-state index contributed by atoms with van der Waals surface area (Å²) in [6.45, 7) is 8.68. The van der Waals surface area contributed by atoms with Crippen molar-refractivity contribution in [3.8, 4) is 0 Å². The van der Waals surface area contributed by atoms with E-state index in [2.05, 4.69) is 4.90 Å². The molecule has 0 unspecified atom stereocenters. The molecule has 7 nitrogen and oxygen atoms in total. The van der Waals surface area contributed by atoms with Crippen LogP contribution in [-0.4, -0.2) is 78.1 Å². The first-order valence-electron chi connectivity index (χ1n) is 15.5. The third kappa shape index (κ3) is 11.4. The summed E-state index contributed by atoms with van der Waals surface area (Å²) in [5.41, 5.74) is 1.97. The van der Waals surface area contributed by atoms with Gasteiger partial charge in [-0.05, 0) is 100.0 Å². The van der Waals surface area contributed by atoms with Crippen molar-refractivity contribution in [2.75, 3.05) is 44.2 Å². The highest BCUT2D eigenvalue weighted by Crippen LogP contribution is 2.30. The Balaban J connectivity index is 0.000000738. The highest BCUT2D eigenvalue weighted by molar-refractivity contribution is 6.42. The lowest BCUT2D eigenvalue weighted by atomic mass is 9.90. The zero-order valence-electron chi connectivity index (χ0n) is 26.0. The summed E-state index contributed by atoms with van der Waals surface area (Å²) < 4.78 is 44.9. The summed E-state index contributed by atoms with van der Waals surface area (Å²) >= 11 is 12.5. The van der Waals surface area contributed by atoms with Crippen LogP contribution in [0.4, 0.5) is 23.2 Å². The minimum atomic E-state index is -5.08. The van der Waals surface area contributed by atoms with Gasteiger partial charge in [0.15, 0.2) is 0 Å². The lowest BCUT2D eigenvalue weighted by molar-refractivity contribution is -0.192. The van der Waals surface area contributed by atoms with Crippen LogP contribution in [0.3, 0.4) is 0 Å². The van der Waals surface area contributed by atoms with Crippen molar-refractivity contribution in [3.63, 3.8) is 0 Å². The van der Waals surface area contributed by atoms with Crippen molar-refractivity contribution in [2.45, 2.75) is 58.5 Å². The smallest absolute Gasteiger partial charge is 0.475 e. The number of anilines is 1. The van der Waals surface area contributed by atoms with E-state index in [1.165, 1.54) is 5.56 Å². The molecule has 254 valence electrons. The van der Waals surface area contributed by atoms with Gasteiger partial charge in [-0.1, -0.05) is 49.2 Å². The molecule has 13 heteroatoms. The summed E-state index contributed by atoms with van der Waals surface area (Å²) in [4.78, 5) is 41.3. The lowest BCUT2D eigenvalue weighted by Crippen LogP contribution is -2.46. The van der Waals surface area contributed by atoms with Crippen molar-refractivity contribution in [1.29, 1.82) is 0 Å². The standard InChI is InChI=1S/C31H40Cl2FN3O2.C2HF3O2/c1-22(2)30(38)36-18-12-25(13-19-36)31(39)37(27-8-9-28(32)29(33)21-27)15-3-14-35-16-10-24(11-17-35)20-23-4-6-26(34)7-5-23;3-2(4,5)1(6)7/h4-9,21-22,24-25H,3,10-20H2,1-2H3;(H,6,7). The van der Waals surface area contributed by atoms with Gasteiger partial charge in [0.1, 0.15) is 5.82 Å². The van der Waals surface area contributed by atoms with Crippen LogP contribution >= 0.6 is 23.2 Å². The molecule has 2 saturated heterocycles. The number of hydrogen-bond acceptors (Lipinski definition) is 4. The number of nitrogens with zero attached hydrogens (tertiary/aromatic N) is 3. The largest absolute Gasteiger partial charge is 0.490 e. The average molecular weight is 691 g/mol. The molecule has 2 fully saturated rings. The van der Waals surface area contributed by atoms with Crippen LogP contribution in [0.5, 0.6) is 0 Å². The highest BCUT2D eigenvalue weighted by Gasteiger charge is 2.38. The Morgan fingerprint density at radius 2 is 1.52 bits per heavy atom. The van der Waals surface area contributed by atoms with Crippen molar-refractivity contribution in [3.05, 3.63) is 63.9 Å². The molecule has 0 spiro atoms. The van der Waals surface area contributed by atoms with Crippen LogP contribution in [-0.2, 0) is 20.8 Å². The molecule has 2 aliphatic rings. The minimum Gasteiger partial charge on any atom is -0.475 e. The summed E-state index contributed by atoms with van der Waals surface area (Å²) in [7, 11) is 0. The molecule has 46 heavy (non-hydrogen) atoms. The first-order chi connectivity index (χ1) is 21.6. The van der Waals surface area contributed by atoms with E-state index in [-0.39, 0.29) is 29.5 Å². The maximum Gasteiger partial charge on any atom is 0.490 e. The van der Waals surface area contributed by atoms with E-state index in [0.29, 0.717) is 48.4 Å². The topological polar surface area (TPSA) is 81.2 Å². The second-order valence-electron chi connectivity index (χ2n) is 12.1. The molecule has 0 atom stereocenters. The number of piperidine rings is 2. The Morgan fingerprint density at radius 1 is 0.935 bits per heavy atom. The predicted octanol–water partition coefficient (Wildman–Crippen LogP) is 7.34. The number of carbonyl (C=O) groups is 3. The normalized spacial score (nSPS) is 16.6. The van der Waals surface area contributed by atoms with Crippen molar-refractivity contribution < 1.29 is 37.1 Å². The van der Waals surface area contributed by atoms with Crippen LogP contribution in [0.2, 0.25) is 10.0 Å². The maximum absolute atomic E-state index is 13.7. The summed E-state index contributed by atoms with van der Waals surface area (Å²) in [5.74, 6) is -2.21. The Kier molecular flexibility index (Phi) is 14.1. The Hall–Kier alpha value is -2.89. The van der Waals surface area contributed by atoms with Crippen LogP contribution in [0, 0.1) is 23.6 Å². The van der Waals surface area contributed by atoms with Crippen molar-refractivity contribution in [1.82, 2.24) is 9.80 Å². The molecule has 0 aliphatic carbocycles. The average Bonchev–Trinajstić information content (AvgIpc) is 3.02. The number of carboxylic acids is 1. The van der Waals surface area contributed by atoms with E-state index >= 15 is 0 Å². The van der Waals surface area contributed by atoms with Gasteiger partial charge in [-0.25, -0.2) is 9.18 Å². The van der Waals surface area contributed by atoms with Gasteiger partial charge in [0.2, 0.25) is 11.8 Å². The van der Waals surface area contributed by atoms with E-state index in [1.54, 1.807) is 24.3 Å². The van der Waals surface area contributed by atoms with E-state index in [1.807, 2.05) is 41.8 Å². The first-order valence-corrected chi connectivity index (χ1v) is 16.2. The Morgan fingerprint density at radius 3 is 2.04 bits per heavy atom. The number of amides is 2. The van der Waals surface area contributed by atoms with Crippen molar-refractivity contribution >= 4 is 46.7 Å². The molecule has 2 amide bonds. The van der Waals surface area contributed by atoms with Gasteiger partial charge in [0.05, 0.1) is 10.0 Å². The molecular weight excluding hydrogens is 649 g/mol. The molecular formula is C33H41Cl2F4N3O4. The number of benzene rings is 2. The van der Waals surface area contributed by atoms with E-state index in [4.69, 9.17) is 33.1 Å². The summed E-state index contributed by atoms with van der Waals surface area (Å²) in [6.07, 6.45) is 0.378. The van der Waals surface area contributed by atoms with E-state index < -0.39 is 12.1 Å². The minimum absolute atomic E-state index is 0.0297. The number of aliphatic carboxylic acids is 1. The van der Waals surface area contributed by atoms with E-state index in [9.17, 15) is 27.2 Å². The summed E-state index contributed by atoms with van der Waals surface area (Å²) in [6, 6.07) is 12.3. The number of likely N-dealkylation sites (tertiary alicyclic amines) is 2. The molecule has 2 aromatic carbocycles. The number of rotatable bonds is 9. The maximum atomic E-state index is 13.7. The number of hydrogen-bond donors (Lipinski definition) is 1. The monoisotopic (exact) mass is 689 g/mol. The van der Waals surface area contributed by atoms with Gasteiger partial charge < -0.3 is 19.8 Å². The quantitative estimate of drug-likeness (QED) is 0.279. The number of alkyl halides is 3. The lowest BCUT2D eigenvalue weighted by Gasteiger charge is -2.36. The van der Waals surface area contributed by atoms with Gasteiger partial charge in [-0.3, -0.25) is 9.59 Å². The molecule has 2 aromatic rings. The Labute approximate surface area is 277 Å².